The van der Waals surface area contributed by atoms with Crippen LogP contribution in [0.4, 0.5) is 11.5 Å². The third-order valence-corrected chi connectivity index (χ3v) is 5.93. The van der Waals surface area contributed by atoms with E-state index < -0.39 is 10.9 Å². The Morgan fingerprint density at radius 3 is 2.67 bits per heavy atom. The molecule has 4 aromatic rings. The molecule has 0 aliphatic rings. The Morgan fingerprint density at radius 2 is 1.94 bits per heavy atom. The number of carbonyl (C=O) groups is 1. The van der Waals surface area contributed by atoms with E-state index in [1.807, 2.05) is 0 Å². The molecule has 1 amide bonds. The van der Waals surface area contributed by atoms with Crippen molar-refractivity contribution in [2.24, 2.45) is 0 Å². The van der Waals surface area contributed by atoms with Crippen molar-refractivity contribution in [2.45, 2.75) is 20.0 Å². The average Bonchev–Trinajstić information content (AvgIpc) is 3.50. The molecule has 1 N–H and O–H groups in total. The van der Waals surface area contributed by atoms with Crippen molar-refractivity contribution < 1.29 is 27.2 Å². The topological polar surface area (TPSA) is 129 Å². The van der Waals surface area contributed by atoms with Crippen molar-refractivity contribution in [3.05, 3.63) is 59.9 Å². The molecule has 0 aliphatic carbocycles. The lowest BCUT2D eigenvalue weighted by atomic mass is 10.1. The Hall–Kier alpha value is -4.50. The number of methoxy groups -OCH3 is 2. The normalized spacial score (nSPS) is 10.7. The molecule has 0 fully saturated rings. The molecule has 2 aromatic heterocycles. The van der Waals surface area contributed by atoms with Gasteiger partial charge in [-0.3, -0.25) is 9.48 Å². The van der Waals surface area contributed by atoms with Gasteiger partial charge < -0.3 is 19.3 Å². The smallest absolute Gasteiger partial charge is 0.296 e. The second-order valence-electron chi connectivity index (χ2n) is 7.50. The summed E-state index contributed by atoms with van der Waals surface area (Å²) < 4.78 is 43.7. The zero-order valence-electron chi connectivity index (χ0n) is 19.7. The van der Waals surface area contributed by atoms with E-state index in [0.29, 0.717) is 41.2 Å². The Morgan fingerprint density at radius 1 is 1.17 bits per heavy atom. The molecule has 0 saturated heterocycles. The van der Waals surface area contributed by atoms with Crippen molar-refractivity contribution in [1.29, 1.82) is 0 Å². The van der Waals surface area contributed by atoms with Gasteiger partial charge in [0.05, 0.1) is 27.0 Å². The van der Waals surface area contributed by atoms with Gasteiger partial charge in [0.2, 0.25) is 16.7 Å². The van der Waals surface area contributed by atoms with Crippen LogP contribution in [0.5, 0.6) is 11.5 Å². The van der Waals surface area contributed by atoms with Crippen molar-refractivity contribution in [3.63, 3.8) is 0 Å². The zero-order valence-corrected chi connectivity index (χ0v) is 20.6. The van der Waals surface area contributed by atoms with Crippen LogP contribution in [0.1, 0.15) is 18.1 Å². The van der Waals surface area contributed by atoms with Gasteiger partial charge in [-0.05, 0) is 42.7 Å². The van der Waals surface area contributed by atoms with Gasteiger partial charge in [-0.25, -0.2) is 12.7 Å². The third-order valence-electron chi connectivity index (χ3n) is 5.20. The summed E-state index contributed by atoms with van der Waals surface area (Å²) >= 11 is 0. The van der Waals surface area contributed by atoms with Gasteiger partial charge in [0, 0.05) is 18.3 Å². The van der Waals surface area contributed by atoms with Crippen molar-refractivity contribution in [3.8, 4) is 23.3 Å². The lowest BCUT2D eigenvalue weighted by Crippen LogP contribution is -2.20. The van der Waals surface area contributed by atoms with Crippen LogP contribution in [0.2, 0.25) is 0 Å². The van der Waals surface area contributed by atoms with Crippen molar-refractivity contribution in [2.75, 3.05) is 18.5 Å². The highest BCUT2D eigenvalue weighted by Crippen LogP contribution is 2.41. The number of para-hydroxylation sites is 2. The Bertz CT molecular complexity index is 1540. The van der Waals surface area contributed by atoms with Crippen LogP contribution in [0.15, 0.2) is 53.3 Å². The van der Waals surface area contributed by atoms with E-state index in [-0.39, 0.29) is 11.7 Å². The first-order chi connectivity index (χ1) is 17.4. The quantitative estimate of drug-likeness (QED) is 0.260. The summed E-state index contributed by atoms with van der Waals surface area (Å²) in [7, 11) is -0.201. The molecule has 0 aliphatic heterocycles. The van der Waals surface area contributed by atoms with Gasteiger partial charge in [-0.2, -0.15) is 5.10 Å². The SMILES string of the molecule is CC#CC(=O)NCc1cnn(Cc2cc(OC)c3c(N(c4ccccc4OC)[SH](=O)=O)noc3c2)c1. The summed E-state index contributed by atoms with van der Waals surface area (Å²) in [6.07, 6.45) is 3.45. The summed E-state index contributed by atoms with van der Waals surface area (Å²) in [5, 5.41) is 11.5. The van der Waals surface area contributed by atoms with Crippen LogP contribution in [0.3, 0.4) is 0 Å². The lowest BCUT2D eigenvalue weighted by Gasteiger charge is -2.18. The highest BCUT2D eigenvalue weighted by atomic mass is 32.2. The molecule has 0 radical (unpaired) electrons. The number of ether oxygens (including phenoxy) is 2. The van der Waals surface area contributed by atoms with Crippen LogP contribution in [-0.2, 0) is 28.8 Å². The maximum atomic E-state index is 12.3. The molecular weight excluding hydrogens is 486 g/mol. The van der Waals surface area contributed by atoms with E-state index in [4.69, 9.17) is 14.0 Å². The number of anilines is 2. The number of aromatic nitrogens is 3. The molecule has 0 bridgehead atoms. The number of benzene rings is 2. The molecule has 186 valence electrons. The predicted molar refractivity (Wildman–Crippen MR) is 133 cm³/mol. The number of nitrogens with one attached hydrogen (secondary N) is 1. The number of rotatable bonds is 9. The van der Waals surface area contributed by atoms with Crippen LogP contribution < -0.4 is 19.1 Å². The molecule has 12 heteroatoms. The molecule has 4 rings (SSSR count). The minimum Gasteiger partial charge on any atom is -0.496 e. The van der Waals surface area contributed by atoms with E-state index in [2.05, 4.69) is 27.4 Å². The molecule has 0 atom stereocenters. The number of thiol groups is 1. The van der Waals surface area contributed by atoms with Crippen LogP contribution in [0.25, 0.3) is 11.0 Å². The standard InChI is InChI=1S/C24H23N5O6S/c1-4-7-22(30)25-12-17-13-26-28(15-17)14-16-10-20(34-3)23-21(11-16)35-27-24(23)29(36(31)32)18-8-5-6-9-19(18)33-2/h5-6,8-11,13,15,36H,12,14H2,1-3H3,(H,25,30). The molecule has 2 heterocycles. The fourth-order valence-corrected chi connectivity index (χ4v) is 4.30. The fourth-order valence-electron chi connectivity index (χ4n) is 3.67. The number of amides is 1. The van der Waals surface area contributed by atoms with E-state index >= 15 is 0 Å². The third kappa shape index (κ3) is 5.11. The summed E-state index contributed by atoms with van der Waals surface area (Å²) in [4.78, 5) is 11.5. The molecule has 2 aromatic carbocycles. The van der Waals surface area contributed by atoms with Gasteiger partial charge in [-0.1, -0.05) is 23.2 Å². The lowest BCUT2D eigenvalue weighted by molar-refractivity contribution is -0.115. The molecule has 11 nitrogen and oxygen atoms in total. The second kappa shape index (κ2) is 10.8. The van der Waals surface area contributed by atoms with E-state index in [0.717, 1.165) is 15.4 Å². The first-order valence-electron chi connectivity index (χ1n) is 10.7. The van der Waals surface area contributed by atoms with Crippen LogP contribution in [0, 0.1) is 11.8 Å². The fraction of sp³-hybridized carbons (Fsp3) is 0.208. The number of nitrogens with zero attached hydrogens (tertiary/aromatic N) is 4. The molecular formula is C24H23N5O6S. The first kappa shape index (κ1) is 24.6. The summed E-state index contributed by atoms with van der Waals surface area (Å²) in [5.41, 5.74) is 2.23. The molecule has 36 heavy (non-hydrogen) atoms. The number of hydrogen-bond donors (Lipinski definition) is 2. The Kier molecular flexibility index (Phi) is 7.41. The van der Waals surface area contributed by atoms with E-state index in [1.54, 1.807) is 60.4 Å². The highest BCUT2D eigenvalue weighted by molar-refractivity contribution is 7.74. The van der Waals surface area contributed by atoms with Crippen molar-refractivity contribution >= 4 is 39.3 Å². The maximum absolute atomic E-state index is 12.3. The van der Waals surface area contributed by atoms with E-state index in [1.165, 1.54) is 14.2 Å². The largest absolute Gasteiger partial charge is 0.496 e. The van der Waals surface area contributed by atoms with Crippen LogP contribution >= 0.6 is 0 Å². The highest BCUT2D eigenvalue weighted by Gasteiger charge is 2.25. The molecule has 0 spiro atoms. The molecule has 0 unspecified atom stereocenters. The minimum atomic E-state index is -3.14. The average molecular weight is 510 g/mol. The van der Waals surface area contributed by atoms with Gasteiger partial charge in [-0.15, -0.1) is 0 Å². The number of fused-ring (bicyclic) bond motifs is 1. The maximum Gasteiger partial charge on any atom is 0.296 e. The minimum absolute atomic E-state index is 0.0568. The monoisotopic (exact) mass is 509 g/mol. The summed E-state index contributed by atoms with van der Waals surface area (Å²) in [6.45, 7) is 2.27. The number of carbonyl (C=O) groups excluding carboxylic acids is 1. The summed E-state index contributed by atoms with van der Waals surface area (Å²) in [5.74, 6) is 5.40. The molecule has 0 saturated carbocycles. The zero-order chi connectivity index (χ0) is 25.7. The van der Waals surface area contributed by atoms with Gasteiger partial charge in [0.1, 0.15) is 22.6 Å². The Balaban J connectivity index is 1.65. The van der Waals surface area contributed by atoms with Crippen LogP contribution in [-0.4, -0.2) is 43.5 Å². The first-order valence-corrected chi connectivity index (χ1v) is 11.8. The summed E-state index contributed by atoms with van der Waals surface area (Å²) in [6, 6.07) is 10.2. The van der Waals surface area contributed by atoms with Crippen molar-refractivity contribution in [1.82, 2.24) is 20.3 Å². The predicted octanol–water partition coefficient (Wildman–Crippen LogP) is 2.39. The van der Waals surface area contributed by atoms with E-state index in [9.17, 15) is 13.2 Å². The van der Waals surface area contributed by atoms with Gasteiger partial charge in [0.25, 0.3) is 5.91 Å². The Labute approximate surface area is 208 Å². The second-order valence-corrected chi connectivity index (χ2v) is 8.38. The van der Waals surface area contributed by atoms with Gasteiger partial charge in [0.15, 0.2) is 5.58 Å². The van der Waals surface area contributed by atoms with Gasteiger partial charge >= 0.3 is 0 Å². The number of hydrogen-bond acceptors (Lipinski definition) is 8.